The predicted molar refractivity (Wildman–Crippen MR) is 274 cm³/mol. The van der Waals surface area contributed by atoms with Crippen molar-refractivity contribution in [2.24, 2.45) is 0 Å². The monoisotopic (exact) mass is 839 g/mol. The fourth-order valence-electron chi connectivity index (χ4n) is 12.9. The fourth-order valence-corrected chi connectivity index (χ4v) is 12.9. The first-order valence-corrected chi connectivity index (χ1v) is 23.4. The Morgan fingerprint density at radius 3 is 1.74 bits per heavy atom. The Balaban J connectivity index is 1.00. The van der Waals surface area contributed by atoms with Crippen molar-refractivity contribution in [3.05, 3.63) is 281 Å². The average molecular weight is 840 g/mol. The van der Waals surface area contributed by atoms with Gasteiger partial charge < -0.3 is 4.57 Å². The molecule has 10 aromatic carbocycles. The molecule has 1 aromatic heterocycles. The first-order valence-electron chi connectivity index (χ1n) is 23.4. The van der Waals surface area contributed by atoms with Crippen molar-refractivity contribution in [1.29, 1.82) is 0 Å². The van der Waals surface area contributed by atoms with Gasteiger partial charge >= 0.3 is 0 Å². The lowest BCUT2D eigenvalue weighted by atomic mass is 9.63. The highest BCUT2D eigenvalue weighted by Crippen LogP contribution is 2.63. The number of fused-ring (bicyclic) bond motifs is 15. The van der Waals surface area contributed by atoms with Gasteiger partial charge in [0.1, 0.15) is 0 Å². The quantitative estimate of drug-likeness (QED) is 0.152. The second-order valence-electron chi connectivity index (χ2n) is 19.0. The molecule has 0 N–H and O–H groups in total. The van der Waals surface area contributed by atoms with E-state index in [1.807, 2.05) is 0 Å². The smallest absolute Gasteiger partial charge is 0.0760 e. The van der Waals surface area contributed by atoms with Crippen LogP contribution in [0.15, 0.2) is 231 Å². The Hall–Kier alpha value is -8.00. The van der Waals surface area contributed by atoms with E-state index in [1.165, 1.54) is 122 Å². The molecule has 0 amide bonds. The molecule has 1 spiro atoms. The molecule has 0 fully saturated rings. The molecule has 2 atom stereocenters. The third kappa shape index (κ3) is 4.84. The van der Waals surface area contributed by atoms with Crippen LogP contribution in [-0.2, 0) is 10.8 Å². The van der Waals surface area contributed by atoms with Crippen molar-refractivity contribution in [2.75, 3.05) is 0 Å². The summed E-state index contributed by atoms with van der Waals surface area (Å²) >= 11 is 0. The molecule has 2 aliphatic carbocycles. The molecule has 3 aliphatic rings. The van der Waals surface area contributed by atoms with Gasteiger partial charge in [0.05, 0.1) is 22.1 Å². The van der Waals surface area contributed by atoms with E-state index in [4.69, 9.17) is 0 Å². The molecule has 0 radical (unpaired) electrons. The van der Waals surface area contributed by atoms with Gasteiger partial charge in [0.25, 0.3) is 0 Å². The third-order valence-corrected chi connectivity index (χ3v) is 15.6. The van der Waals surface area contributed by atoms with Crippen LogP contribution in [0.1, 0.15) is 69.8 Å². The van der Waals surface area contributed by atoms with Crippen LogP contribution in [0.2, 0.25) is 0 Å². The minimum absolute atomic E-state index is 0.0159. The SMILES string of the molecule is CC1(C)c2ccccc2-c2c(-c3ccc([C@H](c4ccccc4)c4ccccc4-c4cccc5c4C4(c6ccccc6-5)c5ccccc5-n5c6ccccc6c6cccc4c65)cc3)cccc21. The average Bonchev–Trinajstić information content (AvgIpc) is 3.96. The molecule has 66 heavy (non-hydrogen) atoms. The van der Waals surface area contributed by atoms with Gasteiger partial charge in [-0.2, -0.15) is 0 Å². The number of aromatic nitrogens is 1. The standard InChI is InChI=1S/C65H45N/c1-64(2)53-30-11-9-25-52(53)61-44(26-17-33-56(61)64)41-37-39-43(40-38-41)60(42-19-4-3-5-20-42)48-24-7-6-21-45(48)49-27-16-28-50-46-22-8-12-31-54(46)65(62(49)50)55-32-13-15-36-59(55)66-58-35-14-10-23-47(58)51-29-18-34-57(65)63(51)66/h3-40,60H,1-2H3/t60-,65?/m0/s1. The number of benzene rings is 10. The zero-order valence-electron chi connectivity index (χ0n) is 37.0. The highest BCUT2D eigenvalue weighted by molar-refractivity contribution is 6.13. The topological polar surface area (TPSA) is 4.93 Å². The van der Waals surface area contributed by atoms with Crippen molar-refractivity contribution in [2.45, 2.75) is 30.6 Å². The lowest BCUT2D eigenvalue weighted by Gasteiger charge is -2.40. The van der Waals surface area contributed by atoms with Crippen molar-refractivity contribution >= 4 is 21.8 Å². The first kappa shape index (κ1) is 37.4. The summed E-state index contributed by atoms with van der Waals surface area (Å²) in [4.78, 5) is 0. The Morgan fingerprint density at radius 2 is 0.909 bits per heavy atom. The van der Waals surface area contributed by atoms with E-state index in [0.29, 0.717) is 0 Å². The maximum absolute atomic E-state index is 2.54. The maximum Gasteiger partial charge on any atom is 0.0760 e. The summed E-state index contributed by atoms with van der Waals surface area (Å²) in [5.41, 5.74) is 25.5. The van der Waals surface area contributed by atoms with Crippen LogP contribution in [0.5, 0.6) is 0 Å². The minimum Gasteiger partial charge on any atom is -0.309 e. The lowest BCUT2D eigenvalue weighted by Crippen LogP contribution is -2.34. The highest BCUT2D eigenvalue weighted by Gasteiger charge is 2.52. The molecular weight excluding hydrogens is 795 g/mol. The second kappa shape index (κ2) is 13.8. The summed E-state index contributed by atoms with van der Waals surface area (Å²) in [7, 11) is 0. The van der Waals surface area contributed by atoms with Crippen LogP contribution >= 0.6 is 0 Å². The molecule has 0 bridgehead atoms. The maximum atomic E-state index is 2.54. The summed E-state index contributed by atoms with van der Waals surface area (Å²) in [6.45, 7) is 4.73. The Kier molecular flexibility index (Phi) is 7.79. The molecular formula is C65H45N. The van der Waals surface area contributed by atoms with E-state index in [1.54, 1.807) is 0 Å². The fraction of sp³-hybridized carbons (Fsp3) is 0.0769. The first-order chi connectivity index (χ1) is 32.5. The molecule has 1 unspecified atom stereocenters. The molecule has 1 nitrogen and oxygen atoms in total. The van der Waals surface area contributed by atoms with Crippen molar-refractivity contribution in [1.82, 2.24) is 4.57 Å². The van der Waals surface area contributed by atoms with Crippen LogP contribution in [0.4, 0.5) is 0 Å². The van der Waals surface area contributed by atoms with E-state index >= 15 is 0 Å². The van der Waals surface area contributed by atoms with E-state index in [9.17, 15) is 0 Å². The van der Waals surface area contributed by atoms with Crippen LogP contribution in [-0.4, -0.2) is 4.57 Å². The Morgan fingerprint density at radius 1 is 0.364 bits per heavy atom. The third-order valence-electron chi connectivity index (χ3n) is 15.6. The normalized spacial score (nSPS) is 16.2. The van der Waals surface area contributed by atoms with Crippen LogP contribution in [0, 0.1) is 0 Å². The molecule has 1 aliphatic heterocycles. The van der Waals surface area contributed by atoms with Gasteiger partial charge in [-0.05, 0) is 107 Å². The summed E-state index contributed by atoms with van der Waals surface area (Å²) in [5, 5.41) is 2.58. The van der Waals surface area contributed by atoms with Gasteiger partial charge in [-0.25, -0.2) is 0 Å². The highest BCUT2D eigenvalue weighted by atomic mass is 15.0. The van der Waals surface area contributed by atoms with Crippen molar-refractivity contribution in [3.8, 4) is 50.2 Å². The van der Waals surface area contributed by atoms with Crippen molar-refractivity contribution < 1.29 is 0 Å². The van der Waals surface area contributed by atoms with Crippen LogP contribution in [0.25, 0.3) is 72.0 Å². The molecule has 14 rings (SSSR count). The number of hydrogen-bond donors (Lipinski definition) is 0. The molecule has 0 saturated carbocycles. The van der Waals surface area contributed by atoms with Crippen LogP contribution < -0.4 is 0 Å². The largest absolute Gasteiger partial charge is 0.309 e. The van der Waals surface area contributed by atoms with E-state index in [0.717, 1.165) is 0 Å². The number of hydrogen-bond acceptors (Lipinski definition) is 0. The Bertz CT molecular complexity index is 3790. The number of nitrogens with zero attached hydrogens (tertiary/aromatic N) is 1. The summed E-state index contributed by atoms with van der Waals surface area (Å²) in [5.74, 6) is -0.0159. The second-order valence-corrected chi connectivity index (χ2v) is 19.0. The predicted octanol–water partition coefficient (Wildman–Crippen LogP) is 16.3. The summed E-state index contributed by atoms with van der Waals surface area (Å²) in [6.07, 6.45) is 0. The van der Waals surface area contributed by atoms with Gasteiger partial charge in [-0.3, -0.25) is 0 Å². The number of rotatable bonds is 5. The van der Waals surface area contributed by atoms with Gasteiger partial charge in [0, 0.05) is 22.1 Å². The molecule has 310 valence electrons. The molecule has 1 heteroatoms. The zero-order chi connectivity index (χ0) is 43.7. The molecule has 2 heterocycles. The van der Waals surface area contributed by atoms with Gasteiger partial charge in [0.2, 0.25) is 0 Å². The van der Waals surface area contributed by atoms with E-state index in [-0.39, 0.29) is 11.3 Å². The summed E-state index contributed by atoms with van der Waals surface area (Å²) < 4.78 is 2.54. The minimum atomic E-state index is -0.566. The Labute approximate surface area is 385 Å². The molecule has 0 saturated heterocycles. The van der Waals surface area contributed by atoms with E-state index in [2.05, 4.69) is 249 Å². The lowest BCUT2D eigenvalue weighted by molar-refractivity contribution is 0.660. The zero-order valence-corrected chi connectivity index (χ0v) is 37.0. The molecule has 11 aromatic rings. The van der Waals surface area contributed by atoms with Gasteiger partial charge in [0.15, 0.2) is 0 Å². The van der Waals surface area contributed by atoms with Crippen molar-refractivity contribution in [3.63, 3.8) is 0 Å². The summed E-state index contributed by atoms with van der Waals surface area (Å²) in [6, 6.07) is 87.1. The van der Waals surface area contributed by atoms with Gasteiger partial charge in [-0.15, -0.1) is 0 Å². The van der Waals surface area contributed by atoms with Gasteiger partial charge in [-0.1, -0.05) is 232 Å². The van der Waals surface area contributed by atoms with E-state index < -0.39 is 5.41 Å². The van der Waals surface area contributed by atoms with Crippen LogP contribution in [0.3, 0.4) is 0 Å². The number of para-hydroxylation sites is 3.